The number of nitrogens with one attached hydrogen (secondary N) is 2. The van der Waals surface area contributed by atoms with Gasteiger partial charge in [0.2, 0.25) is 0 Å². The summed E-state index contributed by atoms with van der Waals surface area (Å²) in [4.78, 5) is 36.6. The molecule has 0 atom stereocenters. The van der Waals surface area contributed by atoms with Crippen LogP contribution < -0.4 is 10.6 Å². The zero-order valence-corrected chi connectivity index (χ0v) is 16.0. The fourth-order valence-corrected chi connectivity index (χ4v) is 3.24. The van der Waals surface area contributed by atoms with E-state index in [1.807, 2.05) is 0 Å². The number of aryl methyl sites for hydroxylation is 1. The van der Waals surface area contributed by atoms with Gasteiger partial charge in [-0.15, -0.1) is 0 Å². The van der Waals surface area contributed by atoms with E-state index in [4.69, 9.17) is 9.15 Å². The topological polar surface area (TPSA) is 121 Å². The lowest BCUT2D eigenvalue weighted by atomic mass is 10.00. The number of rotatable bonds is 6. The van der Waals surface area contributed by atoms with Crippen molar-refractivity contribution in [3.63, 3.8) is 0 Å². The van der Waals surface area contributed by atoms with Gasteiger partial charge in [0, 0.05) is 5.69 Å². The minimum atomic E-state index is -0.864. The van der Waals surface area contributed by atoms with Gasteiger partial charge in [-0.25, -0.2) is 4.79 Å². The molecule has 0 saturated heterocycles. The number of amides is 2. The SMILES string of the molecule is Cc1ccc(C(=O)OCC(=O)NC2(C#N)CCCC2)cc1NC(=O)c1ccco1. The maximum absolute atomic E-state index is 12.3. The van der Waals surface area contributed by atoms with E-state index in [0.717, 1.165) is 18.4 Å². The molecule has 1 fully saturated rings. The average molecular weight is 395 g/mol. The van der Waals surface area contributed by atoms with Crippen molar-refractivity contribution < 1.29 is 23.5 Å². The van der Waals surface area contributed by atoms with E-state index in [0.29, 0.717) is 18.5 Å². The third-order valence-electron chi connectivity index (χ3n) is 4.85. The van der Waals surface area contributed by atoms with Crippen molar-refractivity contribution in [3.8, 4) is 6.07 Å². The van der Waals surface area contributed by atoms with Gasteiger partial charge in [0.1, 0.15) is 5.54 Å². The first kappa shape index (κ1) is 20.1. The highest BCUT2D eigenvalue weighted by Gasteiger charge is 2.35. The fourth-order valence-electron chi connectivity index (χ4n) is 3.24. The second kappa shape index (κ2) is 8.61. The van der Waals surface area contributed by atoms with Crippen LogP contribution in [0.1, 0.15) is 52.2 Å². The number of esters is 1. The van der Waals surface area contributed by atoms with E-state index < -0.39 is 29.9 Å². The average Bonchev–Trinajstić information content (AvgIpc) is 3.40. The standard InChI is InChI=1S/C21H21N3O5/c1-14-6-7-15(11-16(14)23-19(26)17-5-4-10-28-17)20(27)29-12-18(25)24-21(13-22)8-2-3-9-21/h4-7,10-11H,2-3,8-9,12H2,1H3,(H,23,26)(H,24,25). The van der Waals surface area contributed by atoms with Crippen LogP contribution >= 0.6 is 0 Å². The monoisotopic (exact) mass is 395 g/mol. The van der Waals surface area contributed by atoms with E-state index in [9.17, 15) is 19.6 Å². The molecule has 29 heavy (non-hydrogen) atoms. The molecule has 0 radical (unpaired) electrons. The highest BCUT2D eigenvalue weighted by Crippen LogP contribution is 2.28. The van der Waals surface area contributed by atoms with Crippen LogP contribution in [0.15, 0.2) is 41.0 Å². The Labute approximate surface area is 167 Å². The molecule has 2 N–H and O–H groups in total. The van der Waals surface area contributed by atoms with Gasteiger partial charge in [0.25, 0.3) is 11.8 Å². The van der Waals surface area contributed by atoms with Gasteiger partial charge in [-0.05, 0) is 62.4 Å². The summed E-state index contributed by atoms with van der Waals surface area (Å²) in [5, 5.41) is 14.6. The molecule has 0 spiro atoms. The number of nitriles is 1. The lowest BCUT2D eigenvalue weighted by Crippen LogP contribution is -2.46. The number of benzene rings is 1. The number of hydrogen-bond acceptors (Lipinski definition) is 6. The molecular weight excluding hydrogens is 374 g/mol. The van der Waals surface area contributed by atoms with Crippen molar-refractivity contribution in [1.29, 1.82) is 5.26 Å². The van der Waals surface area contributed by atoms with Gasteiger partial charge in [-0.1, -0.05) is 6.07 Å². The third kappa shape index (κ3) is 4.82. The molecule has 3 rings (SSSR count). The van der Waals surface area contributed by atoms with Crippen LogP contribution in [0, 0.1) is 18.3 Å². The van der Waals surface area contributed by atoms with Gasteiger partial charge in [-0.3, -0.25) is 9.59 Å². The summed E-state index contributed by atoms with van der Waals surface area (Å²) in [5.74, 6) is -1.51. The largest absolute Gasteiger partial charge is 0.459 e. The Morgan fingerprint density at radius 3 is 2.66 bits per heavy atom. The highest BCUT2D eigenvalue weighted by molar-refractivity contribution is 6.03. The first-order chi connectivity index (χ1) is 13.9. The molecule has 0 unspecified atom stereocenters. The number of furan rings is 1. The van der Waals surface area contributed by atoms with Gasteiger partial charge in [-0.2, -0.15) is 5.26 Å². The van der Waals surface area contributed by atoms with Crippen LogP contribution in [0.5, 0.6) is 0 Å². The predicted octanol–water partition coefficient (Wildman–Crippen LogP) is 2.95. The minimum absolute atomic E-state index is 0.146. The summed E-state index contributed by atoms with van der Waals surface area (Å²) >= 11 is 0. The number of anilines is 1. The van der Waals surface area contributed by atoms with E-state index in [-0.39, 0.29) is 11.3 Å². The van der Waals surface area contributed by atoms with Crippen molar-refractivity contribution in [2.75, 3.05) is 11.9 Å². The van der Waals surface area contributed by atoms with Crippen molar-refractivity contribution in [2.24, 2.45) is 0 Å². The Morgan fingerprint density at radius 2 is 2.00 bits per heavy atom. The van der Waals surface area contributed by atoms with Crippen molar-refractivity contribution in [3.05, 3.63) is 53.5 Å². The molecule has 1 aliphatic rings. The summed E-state index contributed by atoms with van der Waals surface area (Å²) in [6, 6.07) is 9.97. The van der Waals surface area contributed by atoms with Crippen LogP contribution in [0.2, 0.25) is 0 Å². The van der Waals surface area contributed by atoms with E-state index in [2.05, 4.69) is 16.7 Å². The molecule has 0 aliphatic heterocycles. The van der Waals surface area contributed by atoms with Crippen LogP contribution in [0.4, 0.5) is 5.69 Å². The Balaban J connectivity index is 1.60. The maximum Gasteiger partial charge on any atom is 0.338 e. The number of ether oxygens (including phenoxy) is 1. The number of carbonyl (C=O) groups excluding carboxylic acids is 3. The van der Waals surface area contributed by atoms with Crippen LogP contribution in [-0.2, 0) is 9.53 Å². The molecular formula is C21H21N3O5. The summed E-state index contributed by atoms with van der Waals surface area (Å²) in [5.41, 5.74) is 0.501. The number of hydrogen-bond donors (Lipinski definition) is 2. The number of carbonyl (C=O) groups is 3. The minimum Gasteiger partial charge on any atom is -0.459 e. The zero-order valence-electron chi connectivity index (χ0n) is 16.0. The van der Waals surface area contributed by atoms with Crippen LogP contribution in [0.25, 0.3) is 0 Å². The molecule has 2 aromatic rings. The molecule has 1 saturated carbocycles. The van der Waals surface area contributed by atoms with Gasteiger partial charge >= 0.3 is 5.97 Å². The first-order valence-corrected chi connectivity index (χ1v) is 9.27. The zero-order chi connectivity index (χ0) is 20.9. The van der Waals surface area contributed by atoms with Gasteiger partial charge in [0.05, 0.1) is 17.9 Å². The van der Waals surface area contributed by atoms with Gasteiger partial charge < -0.3 is 19.8 Å². The van der Waals surface area contributed by atoms with Crippen LogP contribution in [0.3, 0.4) is 0 Å². The number of nitrogens with zero attached hydrogens (tertiary/aromatic N) is 1. The summed E-state index contributed by atoms with van der Waals surface area (Å²) < 4.78 is 10.1. The van der Waals surface area contributed by atoms with E-state index in [1.165, 1.54) is 18.4 Å². The second-order valence-corrected chi connectivity index (χ2v) is 6.99. The maximum atomic E-state index is 12.3. The van der Waals surface area contributed by atoms with Crippen molar-refractivity contribution in [2.45, 2.75) is 38.1 Å². The normalized spacial score (nSPS) is 14.6. The molecule has 1 heterocycles. The van der Waals surface area contributed by atoms with Gasteiger partial charge in [0.15, 0.2) is 12.4 Å². The second-order valence-electron chi connectivity index (χ2n) is 6.99. The van der Waals surface area contributed by atoms with Crippen molar-refractivity contribution in [1.82, 2.24) is 5.32 Å². The third-order valence-corrected chi connectivity index (χ3v) is 4.85. The quantitative estimate of drug-likeness (QED) is 0.725. The summed E-state index contributed by atoms with van der Waals surface area (Å²) in [7, 11) is 0. The molecule has 1 aromatic carbocycles. The Morgan fingerprint density at radius 1 is 1.24 bits per heavy atom. The molecule has 2 amide bonds. The van der Waals surface area contributed by atoms with Crippen LogP contribution in [-0.4, -0.2) is 29.9 Å². The van der Waals surface area contributed by atoms with E-state index in [1.54, 1.807) is 25.1 Å². The lowest BCUT2D eigenvalue weighted by Gasteiger charge is -2.21. The fraction of sp³-hybridized carbons (Fsp3) is 0.333. The molecule has 1 aliphatic carbocycles. The smallest absolute Gasteiger partial charge is 0.338 e. The highest BCUT2D eigenvalue weighted by atomic mass is 16.5. The molecule has 150 valence electrons. The molecule has 1 aromatic heterocycles. The van der Waals surface area contributed by atoms with Crippen molar-refractivity contribution >= 4 is 23.5 Å². The Bertz CT molecular complexity index is 953. The molecule has 8 nitrogen and oxygen atoms in total. The lowest BCUT2D eigenvalue weighted by molar-refractivity contribution is -0.125. The molecule has 0 bridgehead atoms. The predicted molar refractivity (Wildman–Crippen MR) is 103 cm³/mol. The summed E-state index contributed by atoms with van der Waals surface area (Å²) in [6.07, 6.45) is 4.34. The Hall–Kier alpha value is -3.60. The molecule has 8 heteroatoms. The Kier molecular flexibility index (Phi) is 5.98. The first-order valence-electron chi connectivity index (χ1n) is 9.27. The summed E-state index contributed by atoms with van der Waals surface area (Å²) in [6.45, 7) is 1.30. The van der Waals surface area contributed by atoms with E-state index >= 15 is 0 Å².